The summed E-state index contributed by atoms with van der Waals surface area (Å²) in [5.41, 5.74) is 1.97. The first kappa shape index (κ1) is 40.1. The first-order valence-corrected chi connectivity index (χ1v) is 18.3. The molecule has 1 N–H and O–H groups in total. The molecule has 6 rings (SSSR count). The maximum absolute atomic E-state index is 13.5. The van der Waals surface area contributed by atoms with Crippen molar-refractivity contribution < 1.29 is 38.0 Å². The Bertz CT molecular complexity index is 2050. The van der Waals surface area contributed by atoms with Crippen LogP contribution in [0.1, 0.15) is 49.3 Å². The molecule has 0 bridgehead atoms. The van der Waals surface area contributed by atoms with Crippen molar-refractivity contribution in [3.05, 3.63) is 148 Å². The molecule has 1 saturated heterocycles. The molecular weight excluding hydrogens is 714 g/mol. The van der Waals surface area contributed by atoms with Gasteiger partial charge in [0, 0.05) is 20.4 Å². The average molecular weight is 764 g/mol. The fraction of sp³-hybridized carbons (Fsp3) is 0.341. The van der Waals surface area contributed by atoms with E-state index in [9.17, 15) is 9.59 Å². The predicted octanol–water partition coefficient (Wildman–Crippen LogP) is 6.51. The fourth-order valence-electron chi connectivity index (χ4n) is 6.94. The van der Waals surface area contributed by atoms with Gasteiger partial charge in [-0.05, 0) is 70.1 Å². The maximum atomic E-state index is 13.5. The van der Waals surface area contributed by atoms with Gasteiger partial charge >= 0.3 is 5.69 Å². The number of nitrogens with one attached hydrogen (secondary N) is 1. The van der Waals surface area contributed by atoms with Crippen LogP contribution in [0.3, 0.4) is 0 Å². The van der Waals surface area contributed by atoms with Crippen LogP contribution in [0.15, 0.2) is 120 Å². The van der Waals surface area contributed by atoms with Gasteiger partial charge in [0.05, 0.1) is 20.8 Å². The third kappa shape index (κ3) is 8.63. The van der Waals surface area contributed by atoms with Crippen LogP contribution in [-0.4, -0.2) is 75.4 Å². The normalized spacial score (nSPS) is 18.3. The molecule has 0 radical (unpaired) electrons. The zero-order valence-electron chi connectivity index (χ0n) is 32.8. The summed E-state index contributed by atoms with van der Waals surface area (Å²) in [7, 11) is 6.34. The number of anilines is 1. The van der Waals surface area contributed by atoms with Crippen molar-refractivity contribution in [3.8, 4) is 17.2 Å². The Morgan fingerprint density at radius 3 is 1.77 bits per heavy atom. The van der Waals surface area contributed by atoms with E-state index in [2.05, 4.69) is 31.1 Å². The highest BCUT2D eigenvalue weighted by molar-refractivity contribution is 5.90. The lowest BCUT2D eigenvalue weighted by Gasteiger charge is -2.37. The Balaban J connectivity index is 1.23. The first-order valence-electron chi connectivity index (χ1n) is 18.3. The number of ether oxygens (including phenoxy) is 7. The van der Waals surface area contributed by atoms with Gasteiger partial charge in [-0.15, -0.1) is 0 Å². The quantitative estimate of drug-likeness (QED) is 0.118. The number of hydrogen-bond donors (Lipinski definition) is 1. The molecule has 4 atom stereocenters. The zero-order valence-corrected chi connectivity index (χ0v) is 32.8. The lowest BCUT2D eigenvalue weighted by atomic mass is 9.80. The number of amides is 1. The van der Waals surface area contributed by atoms with E-state index in [1.54, 1.807) is 21.3 Å². The van der Waals surface area contributed by atoms with Crippen LogP contribution in [0.4, 0.5) is 5.82 Å². The van der Waals surface area contributed by atoms with Crippen molar-refractivity contribution in [1.29, 1.82) is 0 Å². The van der Waals surface area contributed by atoms with Gasteiger partial charge in [-0.3, -0.25) is 9.36 Å². The third-order valence-corrected chi connectivity index (χ3v) is 9.93. The summed E-state index contributed by atoms with van der Waals surface area (Å²) < 4.78 is 43.4. The molecule has 1 fully saturated rings. The van der Waals surface area contributed by atoms with Gasteiger partial charge < -0.3 is 38.5 Å². The van der Waals surface area contributed by atoms with E-state index >= 15 is 0 Å². The second-order valence-corrected chi connectivity index (χ2v) is 14.4. The Morgan fingerprint density at radius 2 is 1.25 bits per heavy atom. The lowest BCUT2D eigenvalue weighted by Crippen LogP contribution is -2.41. The van der Waals surface area contributed by atoms with E-state index in [4.69, 9.17) is 33.2 Å². The number of carbonyl (C=O) groups is 1. The highest BCUT2D eigenvalue weighted by Gasteiger charge is 2.48. The highest BCUT2D eigenvalue weighted by atomic mass is 16.6. The minimum Gasteiger partial charge on any atom is -0.497 e. The molecule has 5 aromatic rings. The standard InChI is InChI=1S/C44H49N3O9/c1-43(2,3)29-13-23-35(24-14-29)54-28-38(48)45-37-25-26-47(42(49)46-37)41-40(53-7)39(52-6)36(56-41)27-55-44(30-11-9-8-10-12-30,31-15-19-33(50-4)20-16-31)32-17-21-34(51-5)22-18-32/h8-26,36,39-41H,27-28H2,1-7H3,(H,45,46,48,49)/t36-,39?,40-,41-/m1/s1. The minimum absolute atomic E-state index is 0.00225. The molecule has 12 heteroatoms. The molecule has 1 aromatic heterocycles. The topological polar surface area (TPSA) is 129 Å². The molecule has 12 nitrogen and oxygen atoms in total. The molecule has 1 amide bonds. The summed E-state index contributed by atoms with van der Waals surface area (Å²) in [4.78, 5) is 30.3. The van der Waals surface area contributed by atoms with Gasteiger partial charge in [0.1, 0.15) is 47.0 Å². The minimum atomic E-state index is -1.11. The summed E-state index contributed by atoms with van der Waals surface area (Å²) in [6, 6.07) is 34.5. The Kier molecular flexibility index (Phi) is 12.6. The highest BCUT2D eigenvalue weighted by Crippen LogP contribution is 2.43. The van der Waals surface area contributed by atoms with E-state index in [0.717, 1.165) is 22.3 Å². The molecule has 294 valence electrons. The van der Waals surface area contributed by atoms with Gasteiger partial charge in [-0.2, -0.15) is 4.98 Å². The number of nitrogens with zero attached hydrogens (tertiary/aromatic N) is 2. The van der Waals surface area contributed by atoms with Gasteiger partial charge in [0.15, 0.2) is 12.8 Å². The molecule has 0 aliphatic carbocycles. The molecule has 1 unspecified atom stereocenters. The molecule has 1 aliphatic rings. The van der Waals surface area contributed by atoms with Crippen LogP contribution < -0.4 is 25.2 Å². The molecule has 0 saturated carbocycles. The van der Waals surface area contributed by atoms with E-state index in [-0.39, 0.29) is 24.4 Å². The number of carbonyl (C=O) groups excluding carboxylic acids is 1. The van der Waals surface area contributed by atoms with Crippen LogP contribution in [0.2, 0.25) is 0 Å². The lowest BCUT2D eigenvalue weighted by molar-refractivity contribution is -0.118. The van der Waals surface area contributed by atoms with Gasteiger partial charge in [0.25, 0.3) is 5.91 Å². The SMILES string of the molecule is COc1ccc(C(OC[C@H]2O[C@@H](n3ccc(NC(=O)COc4ccc(C(C)(C)C)cc4)nc3=O)[C@H](OC)C2OC)(c2ccccc2)c2ccc(OC)cc2)cc1. The zero-order chi connectivity index (χ0) is 39.9. The molecule has 0 spiro atoms. The summed E-state index contributed by atoms with van der Waals surface area (Å²) >= 11 is 0. The van der Waals surface area contributed by atoms with Gasteiger partial charge in [-0.25, -0.2) is 4.79 Å². The van der Waals surface area contributed by atoms with Crippen LogP contribution in [0, 0.1) is 0 Å². The monoisotopic (exact) mass is 763 g/mol. The Labute approximate surface area is 327 Å². The fourth-order valence-corrected chi connectivity index (χ4v) is 6.94. The third-order valence-electron chi connectivity index (χ3n) is 9.93. The summed E-state index contributed by atoms with van der Waals surface area (Å²) in [5, 5.41) is 2.64. The smallest absolute Gasteiger partial charge is 0.351 e. The number of benzene rings is 4. The average Bonchev–Trinajstić information content (AvgIpc) is 3.58. The number of rotatable bonds is 15. The van der Waals surface area contributed by atoms with Gasteiger partial charge in [-0.1, -0.05) is 87.5 Å². The number of methoxy groups -OCH3 is 4. The summed E-state index contributed by atoms with van der Waals surface area (Å²) in [5.74, 6) is 1.57. The van der Waals surface area contributed by atoms with Crippen molar-refractivity contribution >= 4 is 11.7 Å². The molecule has 2 heterocycles. The molecule has 4 aromatic carbocycles. The number of aromatic nitrogens is 2. The van der Waals surface area contributed by atoms with E-state index < -0.39 is 41.7 Å². The van der Waals surface area contributed by atoms with Crippen molar-refractivity contribution in [2.45, 2.75) is 56.3 Å². The molecule has 1 aliphatic heterocycles. The van der Waals surface area contributed by atoms with Crippen molar-refractivity contribution in [1.82, 2.24) is 9.55 Å². The first-order chi connectivity index (χ1) is 27.0. The van der Waals surface area contributed by atoms with Gasteiger partial charge in [0.2, 0.25) is 0 Å². The van der Waals surface area contributed by atoms with Crippen molar-refractivity contribution in [3.63, 3.8) is 0 Å². The molecular formula is C44H49N3O9. The van der Waals surface area contributed by atoms with Crippen LogP contribution in [0.5, 0.6) is 17.2 Å². The molecule has 56 heavy (non-hydrogen) atoms. The maximum Gasteiger partial charge on any atom is 0.351 e. The predicted molar refractivity (Wildman–Crippen MR) is 212 cm³/mol. The summed E-state index contributed by atoms with van der Waals surface area (Å²) in [6.45, 7) is 6.15. The Morgan fingerprint density at radius 1 is 0.714 bits per heavy atom. The van der Waals surface area contributed by atoms with E-state index in [0.29, 0.717) is 17.2 Å². The summed E-state index contributed by atoms with van der Waals surface area (Å²) in [6.07, 6.45) is -1.44. The van der Waals surface area contributed by atoms with E-state index in [1.165, 1.54) is 23.9 Å². The Hall–Kier alpha value is -5.53. The largest absolute Gasteiger partial charge is 0.497 e. The van der Waals surface area contributed by atoms with Crippen LogP contribution in [-0.2, 0) is 34.8 Å². The second-order valence-electron chi connectivity index (χ2n) is 14.4. The second kappa shape index (κ2) is 17.5. The number of hydrogen-bond acceptors (Lipinski definition) is 10. The van der Waals surface area contributed by atoms with Crippen LogP contribution in [0.25, 0.3) is 0 Å². The van der Waals surface area contributed by atoms with E-state index in [1.807, 2.05) is 103 Å². The van der Waals surface area contributed by atoms with Crippen LogP contribution >= 0.6 is 0 Å². The van der Waals surface area contributed by atoms with Crippen molar-refractivity contribution in [2.75, 3.05) is 47.0 Å². The van der Waals surface area contributed by atoms with Crippen molar-refractivity contribution in [2.24, 2.45) is 0 Å².